The lowest BCUT2D eigenvalue weighted by Gasteiger charge is -2.02. The highest BCUT2D eigenvalue weighted by atomic mass is 19.1. The van der Waals surface area contributed by atoms with Gasteiger partial charge in [0.25, 0.3) is 0 Å². The molecule has 1 heterocycles. The zero-order valence-electron chi connectivity index (χ0n) is 11.6. The van der Waals surface area contributed by atoms with E-state index in [0.717, 1.165) is 0 Å². The molecule has 18 heavy (non-hydrogen) atoms. The van der Waals surface area contributed by atoms with Gasteiger partial charge in [-0.3, -0.25) is 4.57 Å². The number of H-pyrrole nitrogens is 1. The summed E-state index contributed by atoms with van der Waals surface area (Å²) >= 11 is 0. The monoisotopic (exact) mass is 252 g/mol. The Kier molecular flexibility index (Phi) is 7.43. The molecule has 1 aromatic heterocycles. The van der Waals surface area contributed by atoms with Gasteiger partial charge in [-0.15, -0.1) is 0 Å². The Hall–Kier alpha value is -1.84. The molecule has 0 aliphatic carbocycles. The molecule has 3 nitrogen and oxygen atoms in total. The van der Waals surface area contributed by atoms with Crippen LogP contribution in [0.5, 0.6) is 0 Å². The zero-order chi connectivity index (χ0) is 14.1. The average molecular weight is 252 g/mol. The van der Waals surface area contributed by atoms with Gasteiger partial charge in [0.15, 0.2) is 0 Å². The molecule has 0 saturated carbocycles. The normalized spacial score (nSPS) is 8.78. The van der Waals surface area contributed by atoms with Crippen molar-refractivity contribution in [3.8, 4) is 5.69 Å². The van der Waals surface area contributed by atoms with Crippen LogP contribution in [0.25, 0.3) is 5.69 Å². The van der Waals surface area contributed by atoms with Gasteiger partial charge in [-0.1, -0.05) is 33.8 Å². The van der Waals surface area contributed by atoms with E-state index in [2.05, 4.69) is 4.98 Å². The van der Waals surface area contributed by atoms with E-state index in [1.54, 1.807) is 25.3 Å². The quantitative estimate of drug-likeness (QED) is 0.826. The van der Waals surface area contributed by atoms with Crippen LogP contribution in [0.1, 0.15) is 33.3 Å². The third kappa shape index (κ3) is 3.87. The molecule has 1 N–H and O–H groups in total. The first-order valence-electron chi connectivity index (χ1n) is 6.21. The third-order valence-electron chi connectivity index (χ3n) is 2.08. The number of aromatic nitrogens is 2. The summed E-state index contributed by atoms with van der Waals surface area (Å²) in [4.78, 5) is 13.7. The highest BCUT2D eigenvalue weighted by Gasteiger charge is 2.02. The van der Waals surface area contributed by atoms with E-state index in [1.807, 2.05) is 27.7 Å². The maximum atomic E-state index is 13.2. The zero-order valence-corrected chi connectivity index (χ0v) is 11.6. The van der Waals surface area contributed by atoms with Crippen LogP contribution in [0.3, 0.4) is 0 Å². The number of benzene rings is 1. The third-order valence-corrected chi connectivity index (χ3v) is 2.08. The van der Waals surface area contributed by atoms with Crippen molar-refractivity contribution < 1.29 is 4.39 Å². The maximum absolute atomic E-state index is 13.2. The molecule has 0 radical (unpaired) electrons. The number of aromatic amines is 1. The molecular formula is C14H21FN2O. The van der Waals surface area contributed by atoms with E-state index in [-0.39, 0.29) is 11.5 Å². The fourth-order valence-electron chi connectivity index (χ4n) is 1.26. The van der Waals surface area contributed by atoms with Crippen molar-refractivity contribution in [3.05, 3.63) is 52.5 Å². The lowest BCUT2D eigenvalue weighted by Crippen LogP contribution is -2.14. The summed E-state index contributed by atoms with van der Waals surface area (Å²) in [5.41, 5.74) is 0.824. The van der Waals surface area contributed by atoms with Gasteiger partial charge < -0.3 is 4.98 Å². The van der Waals surface area contributed by atoms with Crippen molar-refractivity contribution in [1.82, 2.24) is 9.55 Å². The van der Waals surface area contributed by atoms with Crippen LogP contribution >= 0.6 is 0 Å². The van der Waals surface area contributed by atoms with Gasteiger partial charge in [0.05, 0.1) is 5.69 Å². The molecule has 0 bridgehead atoms. The summed E-state index contributed by atoms with van der Waals surface area (Å²) < 4.78 is 14.5. The molecular weight excluding hydrogens is 231 g/mol. The maximum Gasteiger partial charge on any atom is 0.330 e. The molecule has 1 aromatic carbocycles. The lowest BCUT2D eigenvalue weighted by molar-refractivity contribution is 0.617. The highest BCUT2D eigenvalue weighted by Crippen LogP contribution is 2.11. The number of nitrogens with zero attached hydrogens (tertiary/aromatic N) is 1. The largest absolute Gasteiger partial charge is 0.330 e. The van der Waals surface area contributed by atoms with Gasteiger partial charge >= 0.3 is 5.69 Å². The van der Waals surface area contributed by atoms with E-state index >= 15 is 0 Å². The number of hydrogen-bond acceptors (Lipinski definition) is 1. The second-order valence-corrected chi connectivity index (χ2v) is 3.07. The predicted octanol–water partition coefficient (Wildman–Crippen LogP) is 3.67. The van der Waals surface area contributed by atoms with Crippen molar-refractivity contribution in [2.24, 2.45) is 0 Å². The number of imidazole rings is 1. The summed E-state index contributed by atoms with van der Waals surface area (Å²) in [5.74, 6) is -0.310. The van der Waals surface area contributed by atoms with E-state index in [1.165, 1.54) is 16.8 Å². The van der Waals surface area contributed by atoms with Crippen molar-refractivity contribution in [3.63, 3.8) is 0 Å². The Bertz CT molecular complexity index is 515. The summed E-state index contributed by atoms with van der Waals surface area (Å²) in [6, 6.07) is 4.68. The summed E-state index contributed by atoms with van der Waals surface area (Å²) in [6.45, 7) is 9.68. The number of aryl methyl sites for hydroxylation is 1. The molecule has 0 fully saturated rings. The molecule has 0 atom stereocenters. The first-order valence-corrected chi connectivity index (χ1v) is 6.21. The standard InChI is InChI=1S/C10H9FN2O.2C2H6/c1-7-2-3-8(6-9(7)11)13-5-4-12-10(13)14;2*1-2/h2-6H,1H3,(H,12,14);2*1-2H3. The highest BCUT2D eigenvalue weighted by molar-refractivity contribution is 5.35. The Morgan fingerprint density at radius 2 is 1.78 bits per heavy atom. The van der Waals surface area contributed by atoms with Crippen LogP contribution in [0.4, 0.5) is 4.39 Å². The number of rotatable bonds is 1. The average Bonchev–Trinajstić information content (AvgIpc) is 2.84. The van der Waals surface area contributed by atoms with Crippen LogP contribution in [-0.2, 0) is 0 Å². The van der Waals surface area contributed by atoms with Crippen molar-refractivity contribution in [2.45, 2.75) is 34.6 Å². The van der Waals surface area contributed by atoms with Crippen molar-refractivity contribution in [2.75, 3.05) is 0 Å². The van der Waals surface area contributed by atoms with Crippen LogP contribution in [-0.4, -0.2) is 9.55 Å². The van der Waals surface area contributed by atoms with Gasteiger partial charge in [-0.25, -0.2) is 9.18 Å². The molecule has 0 spiro atoms. The Morgan fingerprint density at radius 3 is 2.22 bits per heavy atom. The molecule has 0 aliphatic rings. The smallest absolute Gasteiger partial charge is 0.312 e. The summed E-state index contributed by atoms with van der Waals surface area (Å²) in [6.07, 6.45) is 3.08. The number of nitrogens with one attached hydrogen (secondary N) is 1. The van der Waals surface area contributed by atoms with E-state index in [0.29, 0.717) is 11.3 Å². The van der Waals surface area contributed by atoms with Gasteiger partial charge in [-0.2, -0.15) is 0 Å². The molecule has 2 rings (SSSR count). The molecule has 0 unspecified atom stereocenters. The Balaban J connectivity index is 0.000000659. The van der Waals surface area contributed by atoms with Crippen LogP contribution in [0.2, 0.25) is 0 Å². The van der Waals surface area contributed by atoms with Gasteiger partial charge in [0.1, 0.15) is 5.82 Å². The van der Waals surface area contributed by atoms with E-state index < -0.39 is 0 Å². The van der Waals surface area contributed by atoms with Crippen LogP contribution in [0.15, 0.2) is 35.4 Å². The second kappa shape index (κ2) is 8.28. The number of halogens is 1. The minimum Gasteiger partial charge on any atom is -0.312 e. The van der Waals surface area contributed by atoms with E-state index in [9.17, 15) is 9.18 Å². The van der Waals surface area contributed by atoms with Gasteiger partial charge in [0, 0.05) is 12.4 Å². The first-order chi connectivity index (χ1) is 8.68. The molecule has 4 heteroatoms. The molecule has 100 valence electrons. The molecule has 0 saturated heterocycles. The summed E-state index contributed by atoms with van der Waals surface area (Å²) in [5, 5.41) is 0. The molecule has 2 aromatic rings. The topological polar surface area (TPSA) is 37.8 Å². The van der Waals surface area contributed by atoms with Crippen molar-refractivity contribution in [1.29, 1.82) is 0 Å². The summed E-state index contributed by atoms with van der Waals surface area (Å²) in [7, 11) is 0. The van der Waals surface area contributed by atoms with Gasteiger partial charge in [0.2, 0.25) is 0 Å². The molecule has 0 aliphatic heterocycles. The first kappa shape index (κ1) is 16.2. The Labute approximate surface area is 107 Å². The van der Waals surface area contributed by atoms with Crippen LogP contribution < -0.4 is 5.69 Å². The van der Waals surface area contributed by atoms with Crippen molar-refractivity contribution >= 4 is 0 Å². The minimum atomic E-state index is -0.310. The minimum absolute atomic E-state index is 0.270. The van der Waals surface area contributed by atoms with E-state index in [4.69, 9.17) is 0 Å². The lowest BCUT2D eigenvalue weighted by atomic mass is 10.2. The fraction of sp³-hybridized carbons (Fsp3) is 0.357. The molecule has 0 amide bonds. The van der Waals surface area contributed by atoms with Crippen LogP contribution in [0, 0.1) is 12.7 Å². The number of hydrogen-bond donors (Lipinski definition) is 1. The fourth-order valence-corrected chi connectivity index (χ4v) is 1.26. The SMILES string of the molecule is CC.CC.Cc1ccc(-n2cc[nH]c2=O)cc1F. The van der Waals surface area contributed by atoms with Gasteiger partial charge in [-0.05, 0) is 24.6 Å². The Morgan fingerprint density at radius 1 is 1.17 bits per heavy atom. The second-order valence-electron chi connectivity index (χ2n) is 3.07. The predicted molar refractivity (Wildman–Crippen MR) is 73.8 cm³/mol.